The molecule has 0 radical (unpaired) electrons. The average molecular weight is 460 g/mol. The molecule has 4 aromatic rings. The van der Waals surface area contributed by atoms with Crippen molar-refractivity contribution in [2.75, 3.05) is 14.1 Å². The predicted octanol–water partition coefficient (Wildman–Crippen LogP) is 5.26. The highest BCUT2D eigenvalue weighted by molar-refractivity contribution is 6.21. The number of rotatable bonds is 8. The lowest BCUT2D eigenvalue weighted by Gasteiger charge is -2.12. The number of carbonyl (C=O) groups is 1. The number of aromatic nitrogens is 1. The summed E-state index contributed by atoms with van der Waals surface area (Å²) in [6, 6.07) is 19.6. The molecule has 1 heterocycles. The van der Waals surface area contributed by atoms with Crippen LogP contribution in [0.2, 0.25) is 0 Å². The van der Waals surface area contributed by atoms with Crippen LogP contribution in [0.5, 0.6) is 5.88 Å². The van der Waals surface area contributed by atoms with Crippen LogP contribution in [0.3, 0.4) is 0 Å². The molecule has 174 valence electrons. The van der Waals surface area contributed by atoms with Crippen LogP contribution in [0, 0.1) is 5.82 Å². The Kier molecular flexibility index (Phi) is 6.75. The summed E-state index contributed by atoms with van der Waals surface area (Å²) < 4.78 is 13.8. The smallest absolute Gasteiger partial charge is 0.303 e. The molecule has 0 fully saturated rings. The second-order valence-corrected chi connectivity index (χ2v) is 8.50. The zero-order valence-corrected chi connectivity index (χ0v) is 19.0. The van der Waals surface area contributed by atoms with Gasteiger partial charge in [0.05, 0.1) is 22.5 Å². The van der Waals surface area contributed by atoms with E-state index >= 15 is 0 Å². The lowest BCUT2D eigenvalue weighted by atomic mass is 9.97. The Morgan fingerprint density at radius 3 is 2.56 bits per heavy atom. The van der Waals surface area contributed by atoms with E-state index in [2.05, 4.69) is 9.88 Å². The number of aliphatic imine (C=N–C) groups is 1. The quantitative estimate of drug-likeness (QED) is 0.314. The maximum Gasteiger partial charge on any atom is 0.303 e. The summed E-state index contributed by atoms with van der Waals surface area (Å²) in [5, 5.41) is 20.5. The fourth-order valence-electron chi connectivity index (χ4n) is 4.00. The third kappa shape index (κ3) is 5.32. The van der Waals surface area contributed by atoms with Crippen LogP contribution in [0.1, 0.15) is 28.7 Å². The number of nitrogens with zero attached hydrogens (tertiary/aromatic N) is 2. The minimum absolute atomic E-state index is 0.0140. The van der Waals surface area contributed by atoms with Crippen molar-refractivity contribution in [3.05, 3.63) is 94.8 Å². The molecule has 4 rings (SSSR count). The van der Waals surface area contributed by atoms with Crippen molar-refractivity contribution < 1.29 is 19.4 Å². The van der Waals surface area contributed by atoms with Gasteiger partial charge in [0.15, 0.2) is 5.88 Å². The molecule has 3 N–H and O–H groups in total. The van der Waals surface area contributed by atoms with Crippen molar-refractivity contribution in [3.8, 4) is 5.88 Å². The fraction of sp³-hybridized carbons (Fsp3) is 0.185. The zero-order valence-electron chi connectivity index (χ0n) is 19.0. The van der Waals surface area contributed by atoms with Crippen molar-refractivity contribution >= 4 is 28.3 Å². The summed E-state index contributed by atoms with van der Waals surface area (Å²) in [5.41, 5.74) is 4.80. The van der Waals surface area contributed by atoms with Gasteiger partial charge in [0.2, 0.25) is 0 Å². The molecule has 0 aliphatic rings. The van der Waals surface area contributed by atoms with Gasteiger partial charge in [0.25, 0.3) is 0 Å². The first-order chi connectivity index (χ1) is 16.3. The molecule has 7 heteroatoms. The summed E-state index contributed by atoms with van der Waals surface area (Å²) in [5.74, 6) is -1.39. The van der Waals surface area contributed by atoms with E-state index in [1.54, 1.807) is 6.07 Å². The number of halogens is 1. The Morgan fingerprint density at radius 2 is 1.79 bits per heavy atom. The minimum atomic E-state index is -0.867. The largest absolute Gasteiger partial charge is 0.494 e. The molecule has 0 unspecified atom stereocenters. The first-order valence-corrected chi connectivity index (χ1v) is 10.9. The summed E-state index contributed by atoms with van der Waals surface area (Å²) in [4.78, 5) is 20.9. The Morgan fingerprint density at radius 1 is 1.03 bits per heavy atom. The Labute approximate surface area is 197 Å². The summed E-state index contributed by atoms with van der Waals surface area (Å²) in [6.07, 6.45) is 0.389. The maximum atomic E-state index is 13.8. The molecule has 0 saturated heterocycles. The standard InChI is InChI=1S/C27H26FN3O3/c1-31(2)16-18-6-4-8-21(14-18)29-26(19-7-3-5-17(13-19)9-12-24(32)33)25-22-11-10-20(28)15-23(22)30-27(25)34/h3-8,10-11,13-15,30,34H,9,12,16H2,1-2H3,(H,32,33). The number of carboxylic acids is 1. The van der Waals surface area contributed by atoms with E-state index in [1.807, 2.05) is 62.6 Å². The third-order valence-corrected chi connectivity index (χ3v) is 5.46. The van der Waals surface area contributed by atoms with Crippen molar-refractivity contribution in [1.29, 1.82) is 0 Å². The Bertz CT molecular complexity index is 1370. The number of aromatic amines is 1. The van der Waals surface area contributed by atoms with Crippen molar-refractivity contribution in [2.24, 2.45) is 4.99 Å². The molecule has 1 aromatic heterocycles. The van der Waals surface area contributed by atoms with E-state index in [0.29, 0.717) is 34.3 Å². The number of benzene rings is 3. The molecule has 0 amide bonds. The Hall–Kier alpha value is -3.97. The van der Waals surface area contributed by atoms with E-state index in [4.69, 9.17) is 10.1 Å². The second-order valence-electron chi connectivity index (χ2n) is 8.50. The van der Waals surface area contributed by atoms with Crippen LogP contribution in [0.25, 0.3) is 10.9 Å². The van der Waals surface area contributed by atoms with Gasteiger partial charge in [-0.15, -0.1) is 0 Å². The van der Waals surface area contributed by atoms with Gasteiger partial charge in [-0.1, -0.05) is 30.3 Å². The zero-order chi connectivity index (χ0) is 24.2. The fourth-order valence-corrected chi connectivity index (χ4v) is 4.00. The number of nitrogens with one attached hydrogen (secondary N) is 1. The Balaban J connectivity index is 1.88. The van der Waals surface area contributed by atoms with Crippen molar-refractivity contribution in [3.63, 3.8) is 0 Å². The number of carboxylic acid groups (broad SMARTS) is 1. The highest BCUT2D eigenvalue weighted by Gasteiger charge is 2.19. The van der Waals surface area contributed by atoms with Crippen molar-refractivity contribution in [1.82, 2.24) is 9.88 Å². The van der Waals surface area contributed by atoms with Crippen LogP contribution in [0.4, 0.5) is 10.1 Å². The first kappa shape index (κ1) is 23.2. The monoisotopic (exact) mass is 459 g/mol. The molecule has 34 heavy (non-hydrogen) atoms. The summed E-state index contributed by atoms with van der Waals surface area (Å²) in [6.45, 7) is 0.751. The van der Waals surface area contributed by atoms with E-state index in [1.165, 1.54) is 12.1 Å². The van der Waals surface area contributed by atoms with Gasteiger partial charge in [0, 0.05) is 23.9 Å². The van der Waals surface area contributed by atoms with E-state index < -0.39 is 11.8 Å². The number of aromatic hydroxyl groups is 1. The number of hydrogen-bond acceptors (Lipinski definition) is 4. The van der Waals surface area contributed by atoms with Crippen LogP contribution in [0.15, 0.2) is 71.7 Å². The van der Waals surface area contributed by atoms with E-state index in [-0.39, 0.29) is 12.3 Å². The minimum Gasteiger partial charge on any atom is -0.494 e. The molecular weight excluding hydrogens is 433 g/mol. The molecule has 0 spiro atoms. The van der Waals surface area contributed by atoms with E-state index in [0.717, 1.165) is 23.2 Å². The summed E-state index contributed by atoms with van der Waals surface area (Å²) in [7, 11) is 3.99. The van der Waals surface area contributed by atoms with Gasteiger partial charge in [-0.25, -0.2) is 9.38 Å². The SMILES string of the molecule is CN(C)Cc1cccc(N=C(c2cccc(CCC(=O)O)c2)c2c(O)[nH]c3cc(F)ccc23)c1. The van der Waals surface area contributed by atoms with E-state index in [9.17, 15) is 14.3 Å². The number of aryl methyl sites for hydroxylation is 1. The van der Waals surface area contributed by atoms with Gasteiger partial charge >= 0.3 is 5.97 Å². The molecule has 3 aromatic carbocycles. The highest BCUT2D eigenvalue weighted by atomic mass is 19.1. The summed E-state index contributed by atoms with van der Waals surface area (Å²) >= 11 is 0. The van der Waals surface area contributed by atoms with Gasteiger partial charge in [0.1, 0.15) is 5.82 Å². The molecular formula is C27H26FN3O3. The molecule has 0 aliphatic carbocycles. The first-order valence-electron chi connectivity index (χ1n) is 10.9. The predicted molar refractivity (Wildman–Crippen MR) is 131 cm³/mol. The molecule has 0 aliphatic heterocycles. The number of aliphatic carboxylic acids is 1. The molecule has 0 saturated carbocycles. The van der Waals surface area contributed by atoms with Gasteiger partial charge in [-0.2, -0.15) is 0 Å². The lowest BCUT2D eigenvalue weighted by Crippen LogP contribution is -2.10. The van der Waals surface area contributed by atoms with Crippen LogP contribution in [-0.4, -0.2) is 45.9 Å². The number of hydrogen-bond donors (Lipinski definition) is 3. The average Bonchev–Trinajstić information content (AvgIpc) is 3.10. The van der Waals surface area contributed by atoms with Gasteiger partial charge in [-0.3, -0.25) is 4.79 Å². The van der Waals surface area contributed by atoms with Crippen LogP contribution in [-0.2, 0) is 17.8 Å². The second kappa shape index (κ2) is 9.89. The number of H-pyrrole nitrogens is 1. The topological polar surface area (TPSA) is 88.9 Å². The molecule has 0 bridgehead atoms. The normalized spacial score (nSPS) is 11.9. The third-order valence-electron chi connectivity index (χ3n) is 5.46. The van der Waals surface area contributed by atoms with Crippen LogP contribution < -0.4 is 0 Å². The maximum absolute atomic E-state index is 13.8. The van der Waals surface area contributed by atoms with Crippen molar-refractivity contribution in [2.45, 2.75) is 19.4 Å². The molecule has 6 nitrogen and oxygen atoms in total. The molecule has 0 atom stereocenters. The number of fused-ring (bicyclic) bond motifs is 1. The van der Waals surface area contributed by atoms with Crippen LogP contribution >= 0.6 is 0 Å². The lowest BCUT2D eigenvalue weighted by molar-refractivity contribution is -0.136. The van der Waals surface area contributed by atoms with Gasteiger partial charge in [-0.05, 0) is 68.0 Å². The van der Waals surface area contributed by atoms with Gasteiger partial charge < -0.3 is 20.1 Å². The highest BCUT2D eigenvalue weighted by Crippen LogP contribution is 2.32.